The van der Waals surface area contributed by atoms with Crippen LogP contribution in [0.4, 0.5) is 0 Å². The second kappa shape index (κ2) is 8.07. The van der Waals surface area contributed by atoms with Gasteiger partial charge in [0, 0.05) is 50.7 Å². The zero-order valence-electron chi connectivity index (χ0n) is 15.9. The fourth-order valence-electron chi connectivity index (χ4n) is 3.81. The van der Waals surface area contributed by atoms with Crippen LogP contribution in [0.1, 0.15) is 23.6 Å². The molecule has 1 aromatic heterocycles. The van der Waals surface area contributed by atoms with Gasteiger partial charge in [-0.05, 0) is 35.2 Å². The Bertz CT molecular complexity index is 957. The summed E-state index contributed by atoms with van der Waals surface area (Å²) in [5, 5.41) is 1.07. The molecule has 3 aromatic rings. The van der Waals surface area contributed by atoms with Gasteiger partial charge < -0.3 is 4.42 Å². The van der Waals surface area contributed by atoms with Crippen molar-refractivity contribution in [2.75, 3.05) is 26.2 Å². The molecule has 4 rings (SSSR count). The number of fused-ring (bicyclic) bond motifs is 1. The van der Waals surface area contributed by atoms with Crippen LogP contribution in [0.15, 0.2) is 63.8 Å². The molecule has 1 fully saturated rings. The lowest BCUT2D eigenvalue weighted by Gasteiger charge is -2.34. The normalized spacial score (nSPS) is 16.0. The van der Waals surface area contributed by atoms with Crippen LogP contribution < -0.4 is 5.63 Å². The van der Waals surface area contributed by atoms with Crippen LogP contribution in [0.25, 0.3) is 11.0 Å². The molecule has 0 unspecified atom stereocenters. The van der Waals surface area contributed by atoms with E-state index in [1.807, 2.05) is 12.1 Å². The maximum atomic E-state index is 12.0. The highest BCUT2D eigenvalue weighted by Gasteiger charge is 2.18. The van der Waals surface area contributed by atoms with Crippen molar-refractivity contribution < 1.29 is 4.42 Å². The third-order valence-electron chi connectivity index (χ3n) is 5.41. The number of aryl methyl sites for hydroxylation is 1. The minimum Gasteiger partial charge on any atom is -0.423 e. The minimum absolute atomic E-state index is 0.260. The summed E-state index contributed by atoms with van der Waals surface area (Å²) in [6.07, 6.45) is 0.979. The molecular formula is C23H26N2O2. The SMILES string of the molecule is CCc1ccc2oc(=O)cc(CN3CCN(Cc4ccccc4)CC3)c2c1. The van der Waals surface area contributed by atoms with Crippen LogP contribution >= 0.6 is 0 Å². The van der Waals surface area contributed by atoms with Gasteiger partial charge in [-0.15, -0.1) is 0 Å². The predicted molar refractivity (Wildman–Crippen MR) is 109 cm³/mol. The van der Waals surface area contributed by atoms with E-state index in [-0.39, 0.29) is 5.63 Å². The Balaban J connectivity index is 1.45. The molecule has 0 spiro atoms. The molecule has 1 aliphatic heterocycles. The molecule has 0 radical (unpaired) electrons. The molecule has 0 bridgehead atoms. The molecule has 0 saturated carbocycles. The van der Waals surface area contributed by atoms with Gasteiger partial charge in [-0.2, -0.15) is 0 Å². The number of hydrogen-bond donors (Lipinski definition) is 0. The van der Waals surface area contributed by atoms with Crippen LogP contribution in [-0.2, 0) is 19.5 Å². The first-order valence-corrected chi connectivity index (χ1v) is 9.75. The smallest absolute Gasteiger partial charge is 0.336 e. The Hall–Kier alpha value is -2.43. The third kappa shape index (κ3) is 4.29. The Morgan fingerprint density at radius 3 is 2.26 bits per heavy atom. The van der Waals surface area contributed by atoms with Gasteiger partial charge in [-0.3, -0.25) is 9.80 Å². The van der Waals surface area contributed by atoms with Crippen LogP contribution in [0.3, 0.4) is 0 Å². The quantitative estimate of drug-likeness (QED) is 0.649. The average Bonchev–Trinajstić information content (AvgIpc) is 2.70. The topological polar surface area (TPSA) is 36.7 Å². The summed E-state index contributed by atoms with van der Waals surface area (Å²) in [5.41, 5.74) is 4.14. The predicted octanol–water partition coefficient (Wildman–Crippen LogP) is 3.67. The maximum Gasteiger partial charge on any atom is 0.336 e. The van der Waals surface area contributed by atoms with Crippen LogP contribution in [0, 0.1) is 0 Å². The first-order valence-electron chi connectivity index (χ1n) is 9.75. The van der Waals surface area contributed by atoms with Crippen molar-refractivity contribution in [3.8, 4) is 0 Å². The summed E-state index contributed by atoms with van der Waals surface area (Å²) in [7, 11) is 0. The Morgan fingerprint density at radius 2 is 1.56 bits per heavy atom. The number of piperazine rings is 1. The molecule has 4 nitrogen and oxygen atoms in total. The van der Waals surface area contributed by atoms with E-state index in [2.05, 4.69) is 53.1 Å². The largest absolute Gasteiger partial charge is 0.423 e. The number of nitrogens with zero attached hydrogens (tertiary/aromatic N) is 2. The highest BCUT2D eigenvalue weighted by atomic mass is 16.4. The fourth-order valence-corrected chi connectivity index (χ4v) is 3.81. The second-order valence-corrected chi connectivity index (χ2v) is 7.31. The molecule has 0 amide bonds. The lowest BCUT2D eigenvalue weighted by molar-refractivity contribution is 0.122. The van der Waals surface area contributed by atoms with E-state index in [0.29, 0.717) is 5.58 Å². The number of benzene rings is 2. The summed E-state index contributed by atoms with van der Waals surface area (Å²) < 4.78 is 5.39. The molecule has 4 heteroatoms. The molecule has 140 valence electrons. The zero-order chi connectivity index (χ0) is 18.6. The minimum atomic E-state index is -0.260. The summed E-state index contributed by atoms with van der Waals surface area (Å²) in [5.74, 6) is 0. The molecule has 2 heterocycles. The van der Waals surface area contributed by atoms with Crippen molar-refractivity contribution in [3.63, 3.8) is 0 Å². The molecule has 0 atom stereocenters. The molecular weight excluding hydrogens is 336 g/mol. The van der Waals surface area contributed by atoms with E-state index < -0.39 is 0 Å². The summed E-state index contributed by atoms with van der Waals surface area (Å²) in [4.78, 5) is 16.9. The van der Waals surface area contributed by atoms with E-state index in [1.54, 1.807) is 6.07 Å². The Kier molecular flexibility index (Phi) is 5.37. The standard InChI is InChI=1S/C23H26N2O2/c1-2-18-8-9-22-21(14-18)20(15-23(26)27-22)17-25-12-10-24(11-13-25)16-19-6-4-3-5-7-19/h3-9,14-15H,2,10-13,16-17H2,1H3. The average molecular weight is 362 g/mol. The zero-order valence-corrected chi connectivity index (χ0v) is 15.9. The van der Waals surface area contributed by atoms with E-state index in [4.69, 9.17) is 4.42 Å². The summed E-state index contributed by atoms with van der Waals surface area (Å²) in [6.45, 7) is 8.08. The molecule has 0 N–H and O–H groups in total. The molecule has 2 aromatic carbocycles. The van der Waals surface area contributed by atoms with Crippen molar-refractivity contribution in [3.05, 3.63) is 81.7 Å². The first-order chi connectivity index (χ1) is 13.2. The van der Waals surface area contributed by atoms with Crippen LogP contribution in [0.2, 0.25) is 0 Å². The van der Waals surface area contributed by atoms with Gasteiger partial charge in [0.2, 0.25) is 0 Å². The fraction of sp³-hybridized carbons (Fsp3) is 0.348. The van der Waals surface area contributed by atoms with Crippen molar-refractivity contribution in [2.45, 2.75) is 26.4 Å². The molecule has 0 aliphatic carbocycles. The number of rotatable bonds is 5. The van der Waals surface area contributed by atoms with Gasteiger partial charge in [0.25, 0.3) is 0 Å². The van der Waals surface area contributed by atoms with Gasteiger partial charge >= 0.3 is 5.63 Å². The van der Waals surface area contributed by atoms with Gasteiger partial charge in [0.15, 0.2) is 0 Å². The van der Waals surface area contributed by atoms with Crippen LogP contribution in [-0.4, -0.2) is 36.0 Å². The van der Waals surface area contributed by atoms with Gasteiger partial charge in [0.05, 0.1) is 0 Å². The van der Waals surface area contributed by atoms with Gasteiger partial charge in [0.1, 0.15) is 5.58 Å². The Labute approximate surface area is 160 Å². The van der Waals surface area contributed by atoms with E-state index in [0.717, 1.165) is 56.6 Å². The van der Waals surface area contributed by atoms with Gasteiger partial charge in [-0.1, -0.05) is 43.3 Å². The maximum absolute atomic E-state index is 12.0. The van der Waals surface area contributed by atoms with E-state index in [1.165, 1.54) is 11.1 Å². The van der Waals surface area contributed by atoms with Gasteiger partial charge in [-0.25, -0.2) is 4.79 Å². The van der Waals surface area contributed by atoms with Crippen molar-refractivity contribution in [1.82, 2.24) is 9.80 Å². The van der Waals surface area contributed by atoms with Crippen molar-refractivity contribution in [1.29, 1.82) is 0 Å². The van der Waals surface area contributed by atoms with Crippen molar-refractivity contribution in [2.24, 2.45) is 0 Å². The van der Waals surface area contributed by atoms with E-state index >= 15 is 0 Å². The highest BCUT2D eigenvalue weighted by molar-refractivity contribution is 5.80. The monoisotopic (exact) mass is 362 g/mol. The lowest BCUT2D eigenvalue weighted by Crippen LogP contribution is -2.45. The van der Waals surface area contributed by atoms with Crippen LogP contribution in [0.5, 0.6) is 0 Å². The second-order valence-electron chi connectivity index (χ2n) is 7.31. The first kappa shape index (κ1) is 18.0. The van der Waals surface area contributed by atoms with E-state index in [9.17, 15) is 4.79 Å². The number of hydrogen-bond acceptors (Lipinski definition) is 4. The Morgan fingerprint density at radius 1 is 0.852 bits per heavy atom. The summed E-state index contributed by atoms with van der Waals surface area (Å²) >= 11 is 0. The molecule has 1 saturated heterocycles. The highest BCUT2D eigenvalue weighted by Crippen LogP contribution is 2.21. The van der Waals surface area contributed by atoms with Crippen molar-refractivity contribution >= 4 is 11.0 Å². The lowest BCUT2D eigenvalue weighted by atomic mass is 10.0. The summed E-state index contributed by atoms with van der Waals surface area (Å²) in [6, 6.07) is 18.4. The molecule has 27 heavy (non-hydrogen) atoms. The third-order valence-corrected chi connectivity index (χ3v) is 5.41. The molecule has 1 aliphatic rings.